The Morgan fingerprint density at radius 3 is 2.56 bits per heavy atom. The molecule has 4 nitrogen and oxygen atoms in total. The first kappa shape index (κ1) is 12.7. The molecule has 0 atom stereocenters. The van der Waals surface area contributed by atoms with Gasteiger partial charge in [-0.25, -0.2) is 0 Å². The van der Waals surface area contributed by atoms with Gasteiger partial charge in [-0.2, -0.15) is 0 Å². The van der Waals surface area contributed by atoms with Crippen LogP contribution in [0.2, 0.25) is 0 Å². The average Bonchev–Trinajstić information content (AvgIpc) is 2.43. The van der Waals surface area contributed by atoms with Gasteiger partial charge in [0.2, 0.25) is 0 Å². The van der Waals surface area contributed by atoms with Crippen molar-refractivity contribution >= 4 is 28.4 Å². The van der Waals surface area contributed by atoms with Gasteiger partial charge in [0.15, 0.2) is 5.84 Å². The van der Waals surface area contributed by atoms with Crippen LogP contribution in [-0.4, -0.2) is 28.5 Å². The molecule has 2 rings (SSSR count). The first-order chi connectivity index (χ1) is 8.77. The number of nitrogens with zero attached hydrogens (tertiary/aromatic N) is 1. The van der Waals surface area contributed by atoms with Gasteiger partial charge in [0.25, 0.3) is 0 Å². The second-order valence-corrected chi connectivity index (χ2v) is 4.85. The quantitative estimate of drug-likeness (QED) is 0.259. The van der Waals surface area contributed by atoms with Gasteiger partial charge in [0.05, 0.1) is 6.61 Å². The minimum atomic E-state index is 0.102. The van der Waals surface area contributed by atoms with Crippen LogP contribution in [0.25, 0.3) is 10.8 Å². The molecule has 0 aromatic heterocycles. The van der Waals surface area contributed by atoms with Crippen LogP contribution in [0, 0.1) is 0 Å². The van der Waals surface area contributed by atoms with Gasteiger partial charge in [0.1, 0.15) is 0 Å². The van der Waals surface area contributed by atoms with Gasteiger partial charge >= 0.3 is 0 Å². The lowest BCUT2D eigenvalue weighted by atomic mass is 10.0. The molecule has 0 aliphatic carbocycles. The largest absolute Gasteiger partial charge is 0.409 e. The fourth-order valence-electron chi connectivity index (χ4n) is 1.83. The molecule has 5 heteroatoms. The lowest BCUT2D eigenvalue weighted by Gasteiger charge is -2.09. The second-order valence-electron chi connectivity index (χ2n) is 3.71. The Kier molecular flexibility index (Phi) is 4.07. The highest BCUT2D eigenvalue weighted by Crippen LogP contribution is 2.30. The molecule has 0 aliphatic heterocycles. The van der Waals surface area contributed by atoms with Crippen molar-refractivity contribution < 1.29 is 10.3 Å². The van der Waals surface area contributed by atoms with Crippen LogP contribution in [0.4, 0.5) is 0 Å². The number of aliphatic hydroxyl groups excluding tert-OH is 1. The fraction of sp³-hybridized carbons (Fsp3) is 0.154. The maximum Gasteiger partial charge on any atom is 0.170 e. The molecule has 0 fully saturated rings. The Labute approximate surface area is 109 Å². The predicted octanol–water partition coefficient (Wildman–Crippen LogP) is 2.02. The number of nitrogens with two attached hydrogens (primary N) is 1. The van der Waals surface area contributed by atoms with Crippen molar-refractivity contribution in [1.29, 1.82) is 0 Å². The Bertz CT molecular complexity index is 584. The predicted molar refractivity (Wildman–Crippen MR) is 74.3 cm³/mol. The summed E-state index contributed by atoms with van der Waals surface area (Å²) in [4.78, 5) is 1.08. The molecule has 0 spiro atoms. The molecule has 2 aromatic carbocycles. The average molecular weight is 262 g/mol. The zero-order chi connectivity index (χ0) is 13.0. The normalized spacial score (nSPS) is 11.9. The van der Waals surface area contributed by atoms with Crippen LogP contribution in [0.15, 0.2) is 46.4 Å². The maximum atomic E-state index is 8.89. The third-order valence-corrected chi connectivity index (χ3v) is 3.67. The van der Waals surface area contributed by atoms with E-state index in [1.165, 1.54) is 0 Å². The second kappa shape index (κ2) is 5.75. The van der Waals surface area contributed by atoms with Crippen molar-refractivity contribution in [2.24, 2.45) is 10.9 Å². The molecular weight excluding hydrogens is 248 g/mol. The first-order valence-electron chi connectivity index (χ1n) is 5.51. The summed E-state index contributed by atoms with van der Waals surface area (Å²) in [6.45, 7) is 0.140. The lowest BCUT2D eigenvalue weighted by molar-refractivity contribution is 0.318. The van der Waals surface area contributed by atoms with Crippen LogP contribution in [0.5, 0.6) is 0 Å². The van der Waals surface area contributed by atoms with E-state index in [-0.39, 0.29) is 12.4 Å². The molecule has 0 aliphatic rings. The number of fused-ring (bicyclic) bond motifs is 1. The number of benzene rings is 2. The fourth-order valence-corrected chi connectivity index (χ4v) is 2.64. The Morgan fingerprint density at radius 1 is 1.17 bits per heavy atom. The van der Waals surface area contributed by atoms with Gasteiger partial charge in [-0.1, -0.05) is 29.4 Å². The highest BCUT2D eigenvalue weighted by molar-refractivity contribution is 7.99. The van der Waals surface area contributed by atoms with E-state index in [4.69, 9.17) is 16.0 Å². The van der Waals surface area contributed by atoms with Crippen molar-refractivity contribution in [1.82, 2.24) is 0 Å². The number of oxime groups is 1. The Morgan fingerprint density at radius 2 is 1.89 bits per heavy atom. The van der Waals surface area contributed by atoms with E-state index >= 15 is 0 Å². The summed E-state index contributed by atoms with van der Waals surface area (Å²) in [5, 5.41) is 22.7. The molecule has 0 saturated carbocycles. The van der Waals surface area contributed by atoms with E-state index in [0.717, 1.165) is 15.7 Å². The van der Waals surface area contributed by atoms with Crippen molar-refractivity contribution in [3.8, 4) is 0 Å². The molecule has 0 unspecified atom stereocenters. The summed E-state index contributed by atoms with van der Waals surface area (Å²) >= 11 is 1.58. The molecular formula is C13H14N2O2S. The van der Waals surface area contributed by atoms with Crippen LogP contribution in [0.3, 0.4) is 0 Å². The summed E-state index contributed by atoms with van der Waals surface area (Å²) in [5.74, 6) is 0.748. The lowest BCUT2D eigenvalue weighted by Crippen LogP contribution is -2.13. The molecule has 0 heterocycles. The molecule has 2 aromatic rings. The Balaban J connectivity index is 2.59. The number of amidine groups is 1. The molecule has 0 amide bonds. The zero-order valence-corrected chi connectivity index (χ0v) is 10.5. The summed E-state index contributed by atoms with van der Waals surface area (Å²) in [7, 11) is 0. The van der Waals surface area contributed by atoms with E-state index in [1.807, 2.05) is 36.4 Å². The van der Waals surface area contributed by atoms with Gasteiger partial charge in [-0.15, -0.1) is 11.8 Å². The third kappa shape index (κ3) is 2.42. The minimum absolute atomic E-state index is 0.102. The van der Waals surface area contributed by atoms with Crippen molar-refractivity contribution in [2.45, 2.75) is 4.90 Å². The summed E-state index contributed by atoms with van der Waals surface area (Å²) in [6.07, 6.45) is 0. The number of aliphatic hydroxyl groups is 1. The highest BCUT2D eigenvalue weighted by atomic mass is 32.2. The minimum Gasteiger partial charge on any atom is -0.409 e. The van der Waals surface area contributed by atoms with Crippen LogP contribution in [0.1, 0.15) is 5.56 Å². The van der Waals surface area contributed by atoms with E-state index < -0.39 is 0 Å². The number of hydrogen-bond donors (Lipinski definition) is 3. The van der Waals surface area contributed by atoms with Gasteiger partial charge in [0, 0.05) is 16.2 Å². The van der Waals surface area contributed by atoms with Crippen LogP contribution in [-0.2, 0) is 0 Å². The molecule has 0 saturated heterocycles. The zero-order valence-electron chi connectivity index (χ0n) is 9.71. The maximum absolute atomic E-state index is 8.89. The van der Waals surface area contributed by atoms with E-state index in [9.17, 15) is 0 Å². The summed E-state index contributed by atoms with van der Waals surface area (Å²) in [6, 6.07) is 11.5. The van der Waals surface area contributed by atoms with Crippen molar-refractivity contribution in [3.05, 3.63) is 42.0 Å². The summed E-state index contributed by atoms with van der Waals surface area (Å²) in [5.41, 5.74) is 6.37. The molecule has 0 radical (unpaired) electrons. The number of thioether (sulfide) groups is 1. The first-order valence-corrected chi connectivity index (χ1v) is 6.49. The van der Waals surface area contributed by atoms with Gasteiger partial charge in [-0.3, -0.25) is 0 Å². The smallest absolute Gasteiger partial charge is 0.170 e. The SMILES string of the molecule is N/C(=N/O)c1ccc(SCCO)c2ccccc12. The van der Waals surface area contributed by atoms with Crippen molar-refractivity contribution in [2.75, 3.05) is 12.4 Å². The van der Waals surface area contributed by atoms with Crippen molar-refractivity contribution in [3.63, 3.8) is 0 Å². The van der Waals surface area contributed by atoms with Crippen LogP contribution < -0.4 is 5.73 Å². The molecule has 94 valence electrons. The molecule has 18 heavy (non-hydrogen) atoms. The highest BCUT2D eigenvalue weighted by Gasteiger charge is 2.08. The number of rotatable bonds is 4. The topological polar surface area (TPSA) is 78.8 Å². The third-order valence-electron chi connectivity index (χ3n) is 2.62. The van der Waals surface area contributed by atoms with Gasteiger partial charge < -0.3 is 16.0 Å². The monoisotopic (exact) mass is 262 g/mol. The Hall–Kier alpha value is -1.72. The van der Waals surface area contributed by atoms with E-state index in [1.54, 1.807) is 11.8 Å². The van der Waals surface area contributed by atoms with Crippen LogP contribution >= 0.6 is 11.8 Å². The molecule has 4 N–H and O–H groups in total. The molecule has 0 bridgehead atoms. The summed E-state index contributed by atoms with van der Waals surface area (Å²) < 4.78 is 0. The standard InChI is InChI=1S/C13H14N2O2S/c14-13(15-17)11-5-6-12(18-8-7-16)10-4-2-1-3-9(10)11/h1-6,16-17H,7-8H2,(H2,14,15). The van der Waals surface area contributed by atoms with E-state index in [0.29, 0.717) is 11.3 Å². The number of hydrogen-bond acceptors (Lipinski definition) is 4. The van der Waals surface area contributed by atoms with E-state index in [2.05, 4.69) is 5.16 Å². The van der Waals surface area contributed by atoms with Gasteiger partial charge in [-0.05, 0) is 22.9 Å².